The molecule has 1 heterocycles. The van der Waals surface area contributed by atoms with E-state index in [4.69, 9.17) is 5.73 Å². The third kappa shape index (κ3) is 3.94. The fraction of sp³-hybridized carbons (Fsp3) is 0.0435. The molecule has 3 aromatic carbocycles. The van der Waals surface area contributed by atoms with Crippen LogP contribution in [0.3, 0.4) is 0 Å². The quantitative estimate of drug-likeness (QED) is 0.486. The smallest absolute Gasteiger partial charge is 0.128 e. The lowest BCUT2D eigenvalue weighted by atomic mass is 10.0. The highest BCUT2D eigenvalue weighted by Gasteiger charge is 2.07. The SMILES string of the molecule is C=C(Nc1ccccc1N)c1cn(Cc2ccc(-c3ccccc3)cc2)nn1. The molecule has 0 unspecified atom stereocenters. The van der Waals surface area contributed by atoms with Gasteiger partial charge in [0.15, 0.2) is 0 Å². The van der Waals surface area contributed by atoms with Gasteiger partial charge in [-0.05, 0) is 28.8 Å². The van der Waals surface area contributed by atoms with Crippen molar-refractivity contribution in [3.05, 3.63) is 103 Å². The number of nitrogens with one attached hydrogen (secondary N) is 1. The molecule has 0 fully saturated rings. The average molecular weight is 367 g/mol. The number of anilines is 2. The van der Waals surface area contributed by atoms with Gasteiger partial charge in [-0.2, -0.15) is 0 Å². The maximum absolute atomic E-state index is 5.96. The van der Waals surface area contributed by atoms with E-state index in [9.17, 15) is 0 Å². The molecule has 4 aromatic rings. The number of nitrogens with two attached hydrogens (primary N) is 1. The van der Waals surface area contributed by atoms with Crippen LogP contribution in [0.4, 0.5) is 11.4 Å². The fourth-order valence-corrected chi connectivity index (χ4v) is 2.97. The topological polar surface area (TPSA) is 68.8 Å². The van der Waals surface area contributed by atoms with E-state index in [1.54, 1.807) is 4.68 Å². The second kappa shape index (κ2) is 7.80. The normalized spacial score (nSPS) is 10.6. The van der Waals surface area contributed by atoms with Gasteiger partial charge >= 0.3 is 0 Å². The largest absolute Gasteiger partial charge is 0.397 e. The molecule has 1 aromatic heterocycles. The highest BCUT2D eigenvalue weighted by molar-refractivity contribution is 5.79. The molecule has 5 nitrogen and oxygen atoms in total. The van der Waals surface area contributed by atoms with Gasteiger partial charge < -0.3 is 11.1 Å². The van der Waals surface area contributed by atoms with E-state index in [2.05, 4.69) is 58.6 Å². The first kappa shape index (κ1) is 17.5. The number of nitrogens with zero attached hydrogens (tertiary/aromatic N) is 3. The van der Waals surface area contributed by atoms with Crippen LogP contribution in [0.5, 0.6) is 0 Å². The minimum Gasteiger partial charge on any atom is -0.397 e. The summed E-state index contributed by atoms with van der Waals surface area (Å²) in [7, 11) is 0. The second-order valence-corrected chi connectivity index (χ2v) is 6.56. The Kier molecular flexibility index (Phi) is 4.89. The third-order valence-electron chi connectivity index (χ3n) is 4.50. The van der Waals surface area contributed by atoms with Gasteiger partial charge in [-0.25, -0.2) is 4.68 Å². The summed E-state index contributed by atoms with van der Waals surface area (Å²) in [4.78, 5) is 0. The summed E-state index contributed by atoms with van der Waals surface area (Å²) in [5, 5.41) is 11.6. The van der Waals surface area contributed by atoms with Crippen LogP contribution in [0, 0.1) is 0 Å². The van der Waals surface area contributed by atoms with Crippen LogP contribution in [0.15, 0.2) is 91.6 Å². The Morgan fingerprint density at radius 1 is 0.893 bits per heavy atom. The van der Waals surface area contributed by atoms with Gasteiger partial charge in [-0.1, -0.05) is 78.5 Å². The lowest BCUT2D eigenvalue weighted by Crippen LogP contribution is -2.01. The molecule has 5 heteroatoms. The lowest BCUT2D eigenvalue weighted by Gasteiger charge is -2.09. The molecule has 4 rings (SSSR count). The Morgan fingerprint density at radius 3 is 2.32 bits per heavy atom. The molecule has 28 heavy (non-hydrogen) atoms. The van der Waals surface area contributed by atoms with E-state index in [0.717, 1.165) is 11.3 Å². The number of hydrogen-bond donors (Lipinski definition) is 2. The van der Waals surface area contributed by atoms with Crippen LogP contribution in [0.25, 0.3) is 16.8 Å². The van der Waals surface area contributed by atoms with Gasteiger partial charge in [0.1, 0.15) is 5.69 Å². The van der Waals surface area contributed by atoms with E-state index in [-0.39, 0.29) is 0 Å². The standard InChI is InChI=1S/C23H21N5/c1-17(25-22-10-6-5-9-21(22)24)23-16-28(27-26-23)15-18-11-13-20(14-12-18)19-7-3-2-4-8-19/h2-14,16,25H,1,15,24H2. The molecule has 0 aliphatic rings. The highest BCUT2D eigenvalue weighted by Crippen LogP contribution is 2.22. The van der Waals surface area contributed by atoms with Gasteiger partial charge in [0.2, 0.25) is 0 Å². The van der Waals surface area contributed by atoms with Crippen molar-refractivity contribution in [3.63, 3.8) is 0 Å². The van der Waals surface area contributed by atoms with Gasteiger partial charge in [0.25, 0.3) is 0 Å². The summed E-state index contributed by atoms with van der Waals surface area (Å²) in [5.74, 6) is 0. The van der Waals surface area contributed by atoms with Crippen LogP contribution < -0.4 is 11.1 Å². The van der Waals surface area contributed by atoms with Gasteiger partial charge in [-0.15, -0.1) is 5.10 Å². The maximum Gasteiger partial charge on any atom is 0.128 e. The maximum atomic E-state index is 5.96. The first-order valence-electron chi connectivity index (χ1n) is 9.04. The van der Waals surface area contributed by atoms with Crippen molar-refractivity contribution in [1.82, 2.24) is 15.0 Å². The van der Waals surface area contributed by atoms with E-state index >= 15 is 0 Å². The second-order valence-electron chi connectivity index (χ2n) is 6.56. The van der Waals surface area contributed by atoms with Crippen LogP contribution in [-0.4, -0.2) is 15.0 Å². The highest BCUT2D eigenvalue weighted by atomic mass is 15.4. The molecule has 3 N–H and O–H groups in total. The zero-order chi connectivity index (χ0) is 19.3. The molecule has 0 atom stereocenters. The predicted octanol–water partition coefficient (Wildman–Crippen LogP) is 4.66. The third-order valence-corrected chi connectivity index (χ3v) is 4.50. The molecular formula is C23H21N5. The monoisotopic (exact) mass is 367 g/mol. The van der Waals surface area contributed by atoms with Crippen LogP contribution in [-0.2, 0) is 6.54 Å². The van der Waals surface area contributed by atoms with Crippen LogP contribution >= 0.6 is 0 Å². The van der Waals surface area contributed by atoms with Crippen LogP contribution in [0.1, 0.15) is 11.3 Å². The molecule has 0 saturated carbocycles. The lowest BCUT2D eigenvalue weighted by molar-refractivity contribution is 0.649. The van der Waals surface area contributed by atoms with E-state index in [1.807, 2.05) is 48.7 Å². The number of para-hydroxylation sites is 2. The van der Waals surface area contributed by atoms with Crippen LogP contribution in [0.2, 0.25) is 0 Å². The number of rotatable bonds is 6. The molecule has 0 amide bonds. The van der Waals surface area contributed by atoms with Crippen molar-refractivity contribution in [2.24, 2.45) is 0 Å². The molecular weight excluding hydrogens is 346 g/mol. The first-order chi connectivity index (χ1) is 13.7. The Bertz CT molecular complexity index is 1080. The molecule has 0 saturated heterocycles. The van der Waals surface area contributed by atoms with Gasteiger partial charge in [0.05, 0.1) is 29.8 Å². The molecule has 0 radical (unpaired) electrons. The Balaban J connectivity index is 1.43. The molecule has 0 bridgehead atoms. The molecule has 0 aliphatic carbocycles. The summed E-state index contributed by atoms with van der Waals surface area (Å²) < 4.78 is 1.80. The van der Waals surface area contributed by atoms with Crippen molar-refractivity contribution < 1.29 is 0 Å². The zero-order valence-corrected chi connectivity index (χ0v) is 15.4. The number of nitrogen functional groups attached to an aromatic ring is 1. The number of aromatic nitrogens is 3. The summed E-state index contributed by atoms with van der Waals surface area (Å²) in [5.41, 5.74) is 12.3. The molecule has 138 valence electrons. The van der Waals surface area contributed by atoms with E-state index in [1.165, 1.54) is 11.1 Å². The molecule has 0 spiro atoms. The average Bonchev–Trinajstić information content (AvgIpc) is 3.20. The van der Waals surface area contributed by atoms with Crippen molar-refractivity contribution in [1.29, 1.82) is 0 Å². The molecule has 0 aliphatic heterocycles. The van der Waals surface area contributed by atoms with Crippen molar-refractivity contribution in [2.45, 2.75) is 6.54 Å². The Morgan fingerprint density at radius 2 is 1.57 bits per heavy atom. The van der Waals surface area contributed by atoms with Gasteiger partial charge in [-0.3, -0.25) is 0 Å². The summed E-state index contributed by atoms with van der Waals surface area (Å²) >= 11 is 0. The van der Waals surface area contributed by atoms with Gasteiger partial charge in [0, 0.05) is 0 Å². The van der Waals surface area contributed by atoms with E-state index in [0.29, 0.717) is 23.6 Å². The Labute approximate surface area is 164 Å². The number of hydrogen-bond acceptors (Lipinski definition) is 4. The summed E-state index contributed by atoms with van der Waals surface area (Å²) in [6, 6.07) is 26.4. The first-order valence-corrected chi connectivity index (χ1v) is 9.04. The summed E-state index contributed by atoms with van der Waals surface area (Å²) in [6.45, 7) is 4.69. The minimum atomic E-state index is 0.642. The minimum absolute atomic E-state index is 0.642. The van der Waals surface area contributed by atoms with Crippen molar-refractivity contribution in [2.75, 3.05) is 11.1 Å². The van der Waals surface area contributed by atoms with E-state index < -0.39 is 0 Å². The fourth-order valence-electron chi connectivity index (χ4n) is 2.97. The van der Waals surface area contributed by atoms with Crippen molar-refractivity contribution >= 4 is 17.1 Å². The Hall–Kier alpha value is -3.86. The number of benzene rings is 3. The predicted molar refractivity (Wildman–Crippen MR) is 115 cm³/mol. The summed E-state index contributed by atoms with van der Waals surface area (Å²) in [6.07, 6.45) is 1.87. The van der Waals surface area contributed by atoms with Crippen molar-refractivity contribution in [3.8, 4) is 11.1 Å². The zero-order valence-electron chi connectivity index (χ0n) is 15.4.